The molecule has 0 spiro atoms. The first kappa shape index (κ1) is 16.5. The molecule has 1 aliphatic rings. The molecule has 4 heteroatoms. The summed E-state index contributed by atoms with van der Waals surface area (Å²) in [5.74, 6) is 0.637. The number of furan rings is 1. The number of aryl methyl sites for hydroxylation is 2. The lowest BCUT2D eigenvalue weighted by molar-refractivity contribution is 0.0898. The number of hydrogen-bond acceptors (Lipinski definition) is 3. The molecule has 1 aromatic carbocycles. The number of hydrogen-bond donors (Lipinski definition) is 1. The van der Waals surface area contributed by atoms with Gasteiger partial charge in [-0.1, -0.05) is 31.5 Å². The Balaban J connectivity index is 1.93. The average molecular weight is 325 g/mol. The number of benzene rings is 1. The highest BCUT2D eigenvalue weighted by atomic mass is 16.4. The Morgan fingerprint density at radius 2 is 1.88 bits per heavy atom. The van der Waals surface area contributed by atoms with E-state index in [2.05, 4.69) is 5.32 Å². The summed E-state index contributed by atoms with van der Waals surface area (Å²) in [5.41, 5.74) is 4.01. The van der Waals surface area contributed by atoms with E-state index < -0.39 is 0 Å². The van der Waals surface area contributed by atoms with Crippen molar-refractivity contribution in [3.63, 3.8) is 0 Å². The molecule has 1 aromatic heterocycles. The zero-order valence-electron chi connectivity index (χ0n) is 14.9. The van der Waals surface area contributed by atoms with Crippen LogP contribution in [0, 0.1) is 26.2 Å². The molecule has 1 aliphatic carbocycles. The summed E-state index contributed by atoms with van der Waals surface area (Å²) in [7, 11) is 0. The predicted molar refractivity (Wildman–Crippen MR) is 93.7 cm³/mol. The van der Waals surface area contributed by atoms with E-state index in [9.17, 15) is 9.59 Å². The zero-order chi connectivity index (χ0) is 17.6. The standard InChI is InChI=1S/C20H23NO3/c1-11-6-7-14(12(2)8-11)21-19(23)18-13(3)17-15(22)9-20(4,5)10-16(17)24-18/h6-8H,9-10H2,1-5H3,(H,21,23). The van der Waals surface area contributed by atoms with Crippen molar-refractivity contribution in [3.8, 4) is 0 Å². The van der Waals surface area contributed by atoms with Crippen LogP contribution in [0.2, 0.25) is 0 Å². The third-order valence-electron chi connectivity index (χ3n) is 4.61. The van der Waals surface area contributed by atoms with Gasteiger partial charge in [0.05, 0.1) is 5.56 Å². The summed E-state index contributed by atoms with van der Waals surface area (Å²) in [4.78, 5) is 25.1. The fraction of sp³-hybridized carbons (Fsp3) is 0.400. The molecule has 0 atom stereocenters. The molecular formula is C20H23NO3. The first-order valence-electron chi connectivity index (χ1n) is 8.22. The first-order chi connectivity index (χ1) is 11.2. The van der Waals surface area contributed by atoms with Crippen LogP contribution in [-0.4, -0.2) is 11.7 Å². The summed E-state index contributed by atoms with van der Waals surface area (Å²) >= 11 is 0. The quantitative estimate of drug-likeness (QED) is 0.877. The molecule has 1 N–H and O–H groups in total. The number of Topliss-reactive ketones (excluding diaryl/α,β-unsaturated/α-hetero) is 1. The lowest BCUT2D eigenvalue weighted by Crippen LogP contribution is -2.26. The van der Waals surface area contributed by atoms with E-state index in [0.29, 0.717) is 29.7 Å². The maximum Gasteiger partial charge on any atom is 0.291 e. The van der Waals surface area contributed by atoms with Gasteiger partial charge in [-0.3, -0.25) is 9.59 Å². The number of amides is 1. The molecule has 0 fully saturated rings. The van der Waals surface area contributed by atoms with Crippen LogP contribution in [0.3, 0.4) is 0 Å². The second-order valence-electron chi connectivity index (χ2n) is 7.57. The molecule has 1 amide bonds. The van der Waals surface area contributed by atoms with Crippen LogP contribution in [0.5, 0.6) is 0 Å². The van der Waals surface area contributed by atoms with Gasteiger partial charge in [-0.25, -0.2) is 0 Å². The molecule has 0 unspecified atom stereocenters. The van der Waals surface area contributed by atoms with E-state index in [1.165, 1.54) is 0 Å². The van der Waals surface area contributed by atoms with E-state index >= 15 is 0 Å². The van der Waals surface area contributed by atoms with Gasteiger partial charge in [0.1, 0.15) is 5.76 Å². The SMILES string of the molecule is Cc1ccc(NC(=O)c2oc3c(c2C)C(=O)CC(C)(C)C3)c(C)c1. The highest BCUT2D eigenvalue weighted by molar-refractivity contribution is 6.08. The Hall–Kier alpha value is -2.36. The molecule has 0 aliphatic heterocycles. The van der Waals surface area contributed by atoms with Crippen LogP contribution in [0.4, 0.5) is 5.69 Å². The van der Waals surface area contributed by atoms with Gasteiger partial charge >= 0.3 is 0 Å². The molecule has 4 nitrogen and oxygen atoms in total. The summed E-state index contributed by atoms with van der Waals surface area (Å²) in [6.07, 6.45) is 1.16. The minimum absolute atomic E-state index is 0.0630. The van der Waals surface area contributed by atoms with Gasteiger partial charge in [-0.05, 0) is 37.8 Å². The number of nitrogens with one attached hydrogen (secondary N) is 1. The van der Waals surface area contributed by atoms with E-state index in [0.717, 1.165) is 16.8 Å². The van der Waals surface area contributed by atoms with Gasteiger partial charge in [-0.15, -0.1) is 0 Å². The van der Waals surface area contributed by atoms with Crippen molar-refractivity contribution >= 4 is 17.4 Å². The van der Waals surface area contributed by atoms with Gasteiger partial charge in [0.25, 0.3) is 5.91 Å². The van der Waals surface area contributed by atoms with Gasteiger partial charge in [-0.2, -0.15) is 0 Å². The Morgan fingerprint density at radius 1 is 1.17 bits per heavy atom. The first-order valence-corrected chi connectivity index (χ1v) is 8.22. The van der Waals surface area contributed by atoms with Crippen LogP contribution in [0.1, 0.15) is 63.6 Å². The lowest BCUT2D eigenvalue weighted by Gasteiger charge is -2.27. The zero-order valence-corrected chi connectivity index (χ0v) is 14.9. The Bertz CT molecular complexity index is 843. The van der Waals surface area contributed by atoms with Crippen LogP contribution in [0.25, 0.3) is 0 Å². The normalized spacial score (nSPS) is 16.0. The smallest absolute Gasteiger partial charge is 0.291 e. The van der Waals surface area contributed by atoms with Gasteiger partial charge in [0.2, 0.25) is 0 Å². The minimum Gasteiger partial charge on any atom is -0.455 e. The molecule has 0 saturated carbocycles. The summed E-state index contributed by atoms with van der Waals surface area (Å²) in [6.45, 7) is 9.84. The predicted octanol–water partition coefficient (Wildman–Crippen LogP) is 4.61. The van der Waals surface area contributed by atoms with Crippen molar-refractivity contribution in [2.75, 3.05) is 5.32 Å². The van der Waals surface area contributed by atoms with Gasteiger partial charge in [0.15, 0.2) is 11.5 Å². The maximum absolute atomic E-state index is 12.6. The number of fused-ring (bicyclic) bond motifs is 1. The lowest BCUT2D eigenvalue weighted by atomic mass is 9.76. The molecule has 2 aromatic rings. The molecule has 126 valence electrons. The topological polar surface area (TPSA) is 59.3 Å². The minimum atomic E-state index is -0.306. The molecule has 3 rings (SSSR count). The highest BCUT2D eigenvalue weighted by Crippen LogP contribution is 2.38. The van der Waals surface area contributed by atoms with Crippen LogP contribution in [0.15, 0.2) is 22.6 Å². The van der Waals surface area contributed by atoms with Crippen LogP contribution >= 0.6 is 0 Å². The molecule has 0 radical (unpaired) electrons. The van der Waals surface area contributed by atoms with Crippen molar-refractivity contribution < 1.29 is 14.0 Å². The number of ketones is 1. The van der Waals surface area contributed by atoms with Crippen molar-refractivity contribution in [1.29, 1.82) is 0 Å². The molecule has 0 saturated heterocycles. The second-order valence-corrected chi connectivity index (χ2v) is 7.57. The molecule has 1 heterocycles. The van der Waals surface area contributed by atoms with Gasteiger partial charge < -0.3 is 9.73 Å². The monoisotopic (exact) mass is 325 g/mol. The van der Waals surface area contributed by atoms with E-state index in [-0.39, 0.29) is 22.9 Å². The molecule has 0 bridgehead atoms. The average Bonchev–Trinajstić information content (AvgIpc) is 2.77. The van der Waals surface area contributed by atoms with E-state index in [1.54, 1.807) is 6.92 Å². The third-order valence-corrected chi connectivity index (χ3v) is 4.61. The second kappa shape index (κ2) is 5.62. The Kier molecular flexibility index (Phi) is 3.86. The molecule has 24 heavy (non-hydrogen) atoms. The number of carbonyl (C=O) groups excluding carboxylic acids is 2. The molecular weight excluding hydrogens is 302 g/mol. The van der Waals surface area contributed by atoms with E-state index in [4.69, 9.17) is 4.42 Å². The fourth-order valence-electron chi connectivity index (χ4n) is 3.43. The van der Waals surface area contributed by atoms with Crippen molar-refractivity contribution in [2.45, 2.75) is 47.5 Å². The Morgan fingerprint density at radius 3 is 2.54 bits per heavy atom. The summed E-state index contributed by atoms with van der Waals surface area (Å²) in [5, 5.41) is 2.90. The van der Waals surface area contributed by atoms with Crippen LogP contribution < -0.4 is 5.32 Å². The number of anilines is 1. The fourth-order valence-corrected chi connectivity index (χ4v) is 3.43. The van der Waals surface area contributed by atoms with Crippen molar-refractivity contribution in [1.82, 2.24) is 0 Å². The number of carbonyl (C=O) groups is 2. The number of rotatable bonds is 2. The maximum atomic E-state index is 12.6. The largest absolute Gasteiger partial charge is 0.455 e. The highest BCUT2D eigenvalue weighted by Gasteiger charge is 2.37. The third kappa shape index (κ3) is 2.88. The summed E-state index contributed by atoms with van der Waals surface area (Å²) in [6, 6.07) is 5.85. The van der Waals surface area contributed by atoms with E-state index in [1.807, 2.05) is 45.9 Å². The Labute approximate surface area is 142 Å². The van der Waals surface area contributed by atoms with Crippen LogP contribution in [-0.2, 0) is 6.42 Å². The summed E-state index contributed by atoms with van der Waals surface area (Å²) < 4.78 is 5.81. The van der Waals surface area contributed by atoms with Crippen molar-refractivity contribution in [2.24, 2.45) is 5.41 Å². The van der Waals surface area contributed by atoms with Gasteiger partial charge in [0, 0.05) is 24.1 Å². The van der Waals surface area contributed by atoms with Crippen molar-refractivity contribution in [3.05, 3.63) is 52.0 Å².